The van der Waals surface area contributed by atoms with Gasteiger partial charge in [-0.25, -0.2) is 0 Å². The Bertz CT molecular complexity index is 121. The predicted octanol–water partition coefficient (Wildman–Crippen LogP) is 2.12. The van der Waals surface area contributed by atoms with Crippen molar-refractivity contribution in [2.75, 3.05) is 13.3 Å². The van der Waals surface area contributed by atoms with Crippen molar-refractivity contribution in [3.63, 3.8) is 0 Å². The first-order chi connectivity index (χ1) is 4.56. The van der Waals surface area contributed by atoms with Crippen LogP contribution < -0.4 is 0 Å². The maximum Gasteiger partial charge on any atom is 0.183 e. The molecule has 4 heteroatoms. The van der Waals surface area contributed by atoms with Gasteiger partial charge in [-0.2, -0.15) is 0 Å². The van der Waals surface area contributed by atoms with Crippen LogP contribution in [-0.4, -0.2) is 18.2 Å². The molecule has 0 aliphatic heterocycles. The summed E-state index contributed by atoms with van der Waals surface area (Å²) >= 11 is 4.68. The lowest BCUT2D eigenvalue weighted by Gasteiger charge is -2.08. The van der Waals surface area contributed by atoms with E-state index in [0.29, 0.717) is 6.61 Å². The second kappa shape index (κ2) is 5.25. The lowest BCUT2D eigenvalue weighted by atomic mass is 10.3. The Morgan fingerprint density at radius 2 is 2.10 bits per heavy atom. The van der Waals surface area contributed by atoms with E-state index >= 15 is 0 Å². The van der Waals surface area contributed by atoms with Gasteiger partial charge in [0.05, 0.1) is 6.61 Å². The van der Waals surface area contributed by atoms with Gasteiger partial charge in [-0.1, -0.05) is 19.8 Å². The second-order valence-corrected chi connectivity index (χ2v) is 6.24. The highest BCUT2D eigenvalue weighted by Gasteiger charge is 2.02. The van der Waals surface area contributed by atoms with E-state index in [1.165, 1.54) is 6.42 Å². The molecule has 10 heavy (non-hydrogen) atoms. The summed E-state index contributed by atoms with van der Waals surface area (Å²) in [5, 5.41) is 0. The summed E-state index contributed by atoms with van der Waals surface area (Å²) in [5.74, 6) is 0. The third-order valence-electron chi connectivity index (χ3n) is 1.08. The minimum Gasteiger partial charge on any atom is -0.345 e. The average Bonchev–Trinajstić information content (AvgIpc) is 1.78. The summed E-state index contributed by atoms with van der Waals surface area (Å²) in [5.41, 5.74) is 0. The fourth-order valence-corrected chi connectivity index (χ4v) is 1.28. The van der Waals surface area contributed by atoms with E-state index in [1.807, 2.05) is 0 Å². The first-order valence-electron chi connectivity index (χ1n) is 3.51. The molecule has 1 atom stereocenters. The average molecular weight is 182 g/mol. The van der Waals surface area contributed by atoms with Crippen molar-refractivity contribution in [2.45, 2.75) is 26.2 Å². The molecular formula is C6H15O2PS. The van der Waals surface area contributed by atoms with Gasteiger partial charge in [0, 0.05) is 6.66 Å². The standard InChI is InChI=1S/C6H15O2PS/c1-3-4-5-6-8-9(2,7)10/h3-6H2,1-2H3,(H,7,10). The van der Waals surface area contributed by atoms with Crippen LogP contribution >= 0.6 is 6.49 Å². The highest BCUT2D eigenvalue weighted by atomic mass is 32.5. The Labute approximate surface area is 67.8 Å². The monoisotopic (exact) mass is 182 g/mol. The third kappa shape index (κ3) is 8.57. The summed E-state index contributed by atoms with van der Waals surface area (Å²) in [6.45, 7) is 1.94. The fraction of sp³-hybridized carbons (Fsp3) is 1.00. The molecule has 0 heterocycles. The minimum absolute atomic E-state index is 0.609. The van der Waals surface area contributed by atoms with Gasteiger partial charge in [-0.15, -0.1) is 0 Å². The van der Waals surface area contributed by atoms with Gasteiger partial charge in [-0.3, -0.25) is 0 Å². The van der Waals surface area contributed by atoms with Crippen LogP contribution in [0.5, 0.6) is 0 Å². The number of hydrogen-bond acceptors (Lipinski definition) is 2. The first kappa shape index (κ1) is 10.6. The molecule has 0 amide bonds. The third-order valence-corrected chi connectivity index (χ3v) is 2.06. The van der Waals surface area contributed by atoms with Crippen molar-refractivity contribution < 1.29 is 9.42 Å². The number of unbranched alkanes of at least 4 members (excludes halogenated alkanes) is 2. The van der Waals surface area contributed by atoms with Crippen molar-refractivity contribution in [3.8, 4) is 0 Å². The zero-order valence-electron chi connectivity index (χ0n) is 6.54. The summed E-state index contributed by atoms with van der Waals surface area (Å²) < 4.78 is 5.01. The zero-order chi connectivity index (χ0) is 8.04. The Balaban J connectivity index is 3.13. The maximum atomic E-state index is 9.02. The van der Waals surface area contributed by atoms with Gasteiger partial charge in [0.15, 0.2) is 6.49 Å². The molecule has 0 bridgehead atoms. The first-order valence-corrected chi connectivity index (χ1v) is 6.63. The molecule has 0 aromatic heterocycles. The zero-order valence-corrected chi connectivity index (χ0v) is 8.25. The van der Waals surface area contributed by atoms with Gasteiger partial charge in [0.2, 0.25) is 0 Å². The largest absolute Gasteiger partial charge is 0.345 e. The Hall–Kier alpha value is 0.570. The topological polar surface area (TPSA) is 29.5 Å². The van der Waals surface area contributed by atoms with Gasteiger partial charge in [0.25, 0.3) is 0 Å². The Morgan fingerprint density at radius 3 is 2.50 bits per heavy atom. The normalized spacial score (nSPS) is 16.7. The van der Waals surface area contributed by atoms with Crippen LogP contribution in [0.15, 0.2) is 0 Å². The predicted molar refractivity (Wildman–Crippen MR) is 47.9 cm³/mol. The van der Waals surface area contributed by atoms with E-state index in [-0.39, 0.29) is 0 Å². The van der Waals surface area contributed by atoms with Crippen molar-refractivity contribution in [3.05, 3.63) is 0 Å². The van der Waals surface area contributed by atoms with E-state index < -0.39 is 6.49 Å². The van der Waals surface area contributed by atoms with Crippen LogP contribution in [-0.2, 0) is 16.3 Å². The SMILES string of the molecule is CCCCCOP(C)(O)=S. The molecule has 0 aliphatic rings. The number of rotatable bonds is 5. The van der Waals surface area contributed by atoms with Crippen molar-refractivity contribution in [1.82, 2.24) is 0 Å². The van der Waals surface area contributed by atoms with Gasteiger partial charge >= 0.3 is 0 Å². The molecule has 2 nitrogen and oxygen atoms in total. The highest BCUT2D eigenvalue weighted by molar-refractivity contribution is 8.09. The summed E-state index contributed by atoms with van der Waals surface area (Å²) in [6, 6.07) is 0. The summed E-state index contributed by atoms with van der Waals surface area (Å²) in [7, 11) is 0. The Kier molecular flexibility index (Phi) is 5.55. The van der Waals surface area contributed by atoms with Gasteiger partial charge in [0.1, 0.15) is 0 Å². The van der Waals surface area contributed by atoms with E-state index in [2.05, 4.69) is 18.7 Å². The molecule has 0 aromatic rings. The molecule has 0 saturated carbocycles. The van der Waals surface area contributed by atoms with E-state index in [9.17, 15) is 0 Å². The van der Waals surface area contributed by atoms with Crippen molar-refractivity contribution >= 4 is 18.3 Å². The van der Waals surface area contributed by atoms with E-state index in [4.69, 9.17) is 9.42 Å². The van der Waals surface area contributed by atoms with Crippen LogP contribution in [0.4, 0.5) is 0 Å². The molecule has 0 fully saturated rings. The molecule has 1 N–H and O–H groups in total. The molecule has 0 spiro atoms. The quantitative estimate of drug-likeness (QED) is 0.521. The van der Waals surface area contributed by atoms with Gasteiger partial charge in [-0.05, 0) is 18.2 Å². The molecule has 0 radical (unpaired) electrons. The van der Waals surface area contributed by atoms with Crippen molar-refractivity contribution in [2.24, 2.45) is 0 Å². The molecule has 0 saturated heterocycles. The van der Waals surface area contributed by atoms with E-state index in [1.54, 1.807) is 6.66 Å². The molecular weight excluding hydrogens is 167 g/mol. The summed E-state index contributed by atoms with van der Waals surface area (Å²) in [4.78, 5) is 9.02. The lowest BCUT2D eigenvalue weighted by Crippen LogP contribution is -1.90. The second-order valence-electron chi connectivity index (χ2n) is 2.34. The maximum absolute atomic E-state index is 9.02. The van der Waals surface area contributed by atoms with Crippen LogP contribution in [0.3, 0.4) is 0 Å². The fourth-order valence-electron chi connectivity index (χ4n) is 0.586. The van der Waals surface area contributed by atoms with Crippen LogP contribution in [0.1, 0.15) is 26.2 Å². The van der Waals surface area contributed by atoms with Crippen LogP contribution in [0.25, 0.3) is 0 Å². The smallest absolute Gasteiger partial charge is 0.183 e. The molecule has 0 aliphatic carbocycles. The molecule has 0 aromatic carbocycles. The Morgan fingerprint density at radius 1 is 1.50 bits per heavy atom. The molecule has 62 valence electrons. The van der Waals surface area contributed by atoms with Crippen molar-refractivity contribution in [1.29, 1.82) is 0 Å². The molecule has 1 unspecified atom stereocenters. The van der Waals surface area contributed by atoms with E-state index in [0.717, 1.165) is 12.8 Å². The number of hydrogen-bond donors (Lipinski definition) is 1. The summed E-state index contributed by atoms with van der Waals surface area (Å²) in [6.07, 6.45) is 3.32. The lowest BCUT2D eigenvalue weighted by molar-refractivity contribution is 0.301. The molecule has 0 rings (SSSR count). The van der Waals surface area contributed by atoms with Crippen LogP contribution in [0.2, 0.25) is 0 Å². The van der Waals surface area contributed by atoms with Gasteiger partial charge < -0.3 is 9.42 Å². The van der Waals surface area contributed by atoms with Crippen LogP contribution in [0, 0.1) is 0 Å². The highest BCUT2D eigenvalue weighted by Crippen LogP contribution is 2.36. The minimum atomic E-state index is -2.37.